The van der Waals surface area contributed by atoms with E-state index in [0.29, 0.717) is 18.8 Å². The van der Waals surface area contributed by atoms with Crippen molar-refractivity contribution in [2.24, 2.45) is 0 Å². The van der Waals surface area contributed by atoms with Gasteiger partial charge in [0.15, 0.2) is 6.29 Å². The summed E-state index contributed by atoms with van der Waals surface area (Å²) in [6, 6.07) is -0.169. The monoisotopic (exact) mass is 454 g/mol. The highest BCUT2D eigenvalue weighted by Gasteiger charge is 2.32. The molecule has 0 aromatic carbocycles. The van der Waals surface area contributed by atoms with E-state index >= 15 is 0 Å². The van der Waals surface area contributed by atoms with Gasteiger partial charge in [0, 0.05) is 30.4 Å². The van der Waals surface area contributed by atoms with Gasteiger partial charge in [-0.15, -0.1) is 0 Å². The SMILES string of the molecule is CC(C)S(=O)(=O)N[C@H]1CCCN[C@H]1COC1CCC(c2nccnc2OCC=O)CC1. The highest BCUT2D eigenvalue weighted by molar-refractivity contribution is 7.90. The zero-order chi connectivity index (χ0) is 22.3. The summed E-state index contributed by atoms with van der Waals surface area (Å²) in [7, 11) is -3.31. The summed E-state index contributed by atoms with van der Waals surface area (Å²) in [4.78, 5) is 19.3. The van der Waals surface area contributed by atoms with Crippen LogP contribution in [0.1, 0.15) is 64.0 Å². The lowest BCUT2D eigenvalue weighted by atomic mass is 9.85. The van der Waals surface area contributed by atoms with Crippen LogP contribution in [0.3, 0.4) is 0 Å². The minimum Gasteiger partial charge on any atom is -0.469 e. The molecule has 3 rings (SSSR count). The molecule has 9 nitrogen and oxygen atoms in total. The third kappa shape index (κ3) is 6.68. The Bertz CT molecular complexity index is 812. The topological polar surface area (TPSA) is 120 Å². The molecule has 0 radical (unpaired) electrons. The Hall–Kier alpha value is -1.62. The lowest BCUT2D eigenvalue weighted by molar-refractivity contribution is -0.109. The van der Waals surface area contributed by atoms with E-state index in [1.54, 1.807) is 26.2 Å². The number of carbonyl (C=O) groups excluding carboxylic acids is 1. The van der Waals surface area contributed by atoms with Crippen molar-refractivity contribution in [3.8, 4) is 5.88 Å². The molecule has 0 bridgehead atoms. The van der Waals surface area contributed by atoms with Crippen molar-refractivity contribution < 1.29 is 22.7 Å². The molecule has 10 heteroatoms. The molecule has 0 unspecified atom stereocenters. The van der Waals surface area contributed by atoms with Crippen LogP contribution in [0.4, 0.5) is 0 Å². The number of hydrogen-bond donors (Lipinski definition) is 2. The Morgan fingerprint density at radius 2 is 1.94 bits per heavy atom. The van der Waals surface area contributed by atoms with Crippen LogP contribution in [0.25, 0.3) is 0 Å². The second-order valence-corrected chi connectivity index (χ2v) is 10.8. The van der Waals surface area contributed by atoms with Gasteiger partial charge in [-0.1, -0.05) is 0 Å². The Kier molecular flexibility index (Phi) is 8.76. The maximum atomic E-state index is 12.3. The van der Waals surface area contributed by atoms with E-state index in [4.69, 9.17) is 9.47 Å². The average Bonchev–Trinajstić information content (AvgIpc) is 2.77. The average molecular weight is 455 g/mol. The summed E-state index contributed by atoms with van der Waals surface area (Å²) >= 11 is 0. The number of carbonyl (C=O) groups is 1. The highest BCUT2D eigenvalue weighted by Crippen LogP contribution is 2.36. The Balaban J connectivity index is 1.50. The zero-order valence-electron chi connectivity index (χ0n) is 18.3. The molecule has 1 aliphatic carbocycles. The van der Waals surface area contributed by atoms with Crippen LogP contribution in [0, 0.1) is 0 Å². The number of hydrogen-bond acceptors (Lipinski definition) is 8. The van der Waals surface area contributed by atoms with Crippen LogP contribution in [0.2, 0.25) is 0 Å². The van der Waals surface area contributed by atoms with E-state index in [1.807, 2.05) is 0 Å². The van der Waals surface area contributed by atoms with Crippen molar-refractivity contribution in [2.75, 3.05) is 19.8 Å². The number of aromatic nitrogens is 2. The molecule has 1 aromatic rings. The molecular weight excluding hydrogens is 420 g/mol. The first kappa shape index (κ1) is 24.0. The maximum absolute atomic E-state index is 12.3. The molecule has 31 heavy (non-hydrogen) atoms. The van der Waals surface area contributed by atoms with Crippen molar-refractivity contribution in [2.45, 2.75) is 81.7 Å². The van der Waals surface area contributed by atoms with Crippen molar-refractivity contribution in [1.82, 2.24) is 20.0 Å². The van der Waals surface area contributed by atoms with Gasteiger partial charge in [0.05, 0.1) is 18.0 Å². The quantitative estimate of drug-likeness (QED) is 0.511. The molecule has 2 aliphatic rings. The van der Waals surface area contributed by atoms with E-state index in [2.05, 4.69) is 20.0 Å². The fraction of sp³-hybridized carbons (Fsp3) is 0.762. The molecular formula is C21H34N4O5S. The third-order valence-corrected chi connectivity index (χ3v) is 7.94. The number of piperidine rings is 1. The Morgan fingerprint density at radius 3 is 2.65 bits per heavy atom. The second kappa shape index (κ2) is 11.3. The molecule has 0 amide bonds. The minimum absolute atomic E-state index is 0.0247. The summed E-state index contributed by atoms with van der Waals surface area (Å²) in [6.07, 6.45) is 9.42. The van der Waals surface area contributed by atoms with E-state index in [-0.39, 0.29) is 30.7 Å². The van der Waals surface area contributed by atoms with Gasteiger partial charge >= 0.3 is 0 Å². The van der Waals surface area contributed by atoms with E-state index < -0.39 is 15.3 Å². The van der Waals surface area contributed by atoms with E-state index in [1.165, 1.54) is 0 Å². The smallest absolute Gasteiger partial charge is 0.236 e. The van der Waals surface area contributed by atoms with Crippen LogP contribution >= 0.6 is 0 Å². The van der Waals surface area contributed by atoms with E-state index in [0.717, 1.165) is 50.8 Å². The predicted octanol–water partition coefficient (Wildman–Crippen LogP) is 1.55. The van der Waals surface area contributed by atoms with Crippen molar-refractivity contribution >= 4 is 16.3 Å². The summed E-state index contributed by atoms with van der Waals surface area (Å²) in [5, 5.41) is 2.97. The predicted molar refractivity (Wildman–Crippen MR) is 117 cm³/mol. The lowest BCUT2D eigenvalue weighted by Gasteiger charge is -2.35. The third-order valence-electron chi connectivity index (χ3n) is 6.07. The number of sulfonamides is 1. The van der Waals surface area contributed by atoms with Crippen molar-refractivity contribution in [1.29, 1.82) is 0 Å². The Labute approximate surface area is 184 Å². The van der Waals surface area contributed by atoms with Gasteiger partial charge in [0.1, 0.15) is 12.3 Å². The lowest BCUT2D eigenvalue weighted by Crippen LogP contribution is -2.56. The Morgan fingerprint density at radius 1 is 1.19 bits per heavy atom. The van der Waals surface area contributed by atoms with Crippen LogP contribution in [-0.4, -0.2) is 67.9 Å². The molecule has 1 aromatic heterocycles. The number of nitrogens with zero attached hydrogens (tertiary/aromatic N) is 2. The largest absolute Gasteiger partial charge is 0.469 e. The van der Waals surface area contributed by atoms with Gasteiger partial charge < -0.3 is 14.8 Å². The zero-order valence-corrected chi connectivity index (χ0v) is 19.1. The first-order chi connectivity index (χ1) is 14.9. The van der Waals surface area contributed by atoms with E-state index in [9.17, 15) is 13.2 Å². The first-order valence-corrected chi connectivity index (χ1v) is 12.7. The number of rotatable bonds is 10. The van der Waals surface area contributed by atoms with Gasteiger partial charge in [-0.2, -0.15) is 0 Å². The molecule has 1 saturated carbocycles. The van der Waals surface area contributed by atoms with Crippen LogP contribution in [-0.2, 0) is 19.6 Å². The van der Waals surface area contributed by atoms with Gasteiger partial charge in [-0.3, -0.25) is 9.78 Å². The van der Waals surface area contributed by atoms with Crippen LogP contribution < -0.4 is 14.8 Å². The highest BCUT2D eigenvalue weighted by atomic mass is 32.2. The molecule has 2 atom stereocenters. The fourth-order valence-electron chi connectivity index (χ4n) is 4.20. The van der Waals surface area contributed by atoms with Crippen molar-refractivity contribution in [3.05, 3.63) is 18.1 Å². The summed E-state index contributed by atoms with van der Waals surface area (Å²) in [5.74, 6) is 0.666. The molecule has 1 saturated heterocycles. The first-order valence-electron chi connectivity index (χ1n) is 11.1. The summed E-state index contributed by atoms with van der Waals surface area (Å²) in [5.41, 5.74) is 0.805. The number of nitrogens with one attached hydrogen (secondary N) is 2. The standard InChI is InChI=1S/C21H34N4O5S/c1-15(2)31(27,28)25-18-4-3-9-22-19(18)14-30-17-7-5-16(6-8-17)20-21(29-13-12-26)24-11-10-23-20/h10-12,15-19,22,25H,3-9,13-14H2,1-2H3/t16?,17?,18-,19-/m0/s1. The summed E-state index contributed by atoms with van der Waals surface area (Å²) < 4.78 is 39.1. The van der Waals surface area contributed by atoms with Gasteiger partial charge in [-0.25, -0.2) is 18.1 Å². The second-order valence-electron chi connectivity index (χ2n) is 8.55. The normalized spacial score (nSPS) is 27.2. The van der Waals surface area contributed by atoms with Crippen molar-refractivity contribution in [3.63, 3.8) is 0 Å². The maximum Gasteiger partial charge on any atom is 0.236 e. The minimum atomic E-state index is -3.31. The summed E-state index contributed by atoms with van der Waals surface area (Å²) in [6.45, 7) is 4.71. The molecule has 0 spiro atoms. The molecule has 2 N–H and O–H groups in total. The molecule has 2 fully saturated rings. The number of aldehydes is 1. The van der Waals surface area contributed by atoms with Gasteiger partial charge in [0.25, 0.3) is 0 Å². The molecule has 2 heterocycles. The van der Waals surface area contributed by atoms with Crippen LogP contribution in [0.5, 0.6) is 5.88 Å². The molecule has 174 valence electrons. The van der Waals surface area contributed by atoms with Gasteiger partial charge in [0.2, 0.25) is 15.9 Å². The van der Waals surface area contributed by atoms with Crippen LogP contribution in [0.15, 0.2) is 12.4 Å². The van der Waals surface area contributed by atoms with Gasteiger partial charge in [-0.05, 0) is 58.9 Å². The fourth-order valence-corrected chi connectivity index (χ4v) is 5.18. The molecule has 1 aliphatic heterocycles. The number of ether oxygens (including phenoxy) is 2.